The summed E-state index contributed by atoms with van der Waals surface area (Å²) < 4.78 is 0.384. The highest BCUT2D eigenvalue weighted by atomic mass is 79.9. The molecule has 118 valence electrons. The van der Waals surface area contributed by atoms with Crippen LogP contribution in [-0.4, -0.2) is 33.3 Å². The van der Waals surface area contributed by atoms with Crippen LogP contribution in [0.3, 0.4) is 0 Å². The molecule has 2 fully saturated rings. The molecule has 2 amide bonds. The van der Waals surface area contributed by atoms with Crippen molar-refractivity contribution in [3.8, 4) is 11.5 Å². The molecule has 6 nitrogen and oxygen atoms in total. The predicted octanol–water partition coefficient (Wildman–Crippen LogP) is 2.00. The van der Waals surface area contributed by atoms with Crippen LogP contribution < -0.4 is 0 Å². The van der Waals surface area contributed by atoms with Gasteiger partial charge in [0.1, 0.15) is 11.5 Å². The molecule has 4 atom stereocenters. The van der Waals surface area contributed by atoms with Crippen LogP contribution in [0.4, 0.5) is 0 Å². The van der Waals surface area contributed by atoms with E-state index in [0.29, 0.717) is 10.0 Å². The molecule has 4 rings (SSSR count). The summed E-state index contributed by atoms with van der Waals surface area (Å²) >= 11 is 3.14. The first-order valence-electron chi connectivity index (χ1n) is 7.29. The van der Waals surface area contributed by atoms with Gasteiger partial charge in [-0.25, -0.2) is 0 Å². The van der Waals surface area contributed by atoms with E-state index in [4.69, 9.17) is 0 Å². The highest BCUT2D eigenvalue weighted by Crippen LogP contribution is 2.52. The van der Waals surface area contributed by atoms with Crippen molar-refractivity contribution >= 4 is 34.0 Å². The van der Waals surface area contributed by atoms with Crippen LogP contribution >= 0.6 is 15.9 Å². The Kier molecular flexibility index (Phi) is 3.09. The van der Waals surface area contributed by atoms with Gasteiger partial charge in [-0.3, -0.25) is 9.59 Å². The summed E-state index contributed by atoms with van der Waals surface area (Å²) in [5.41, 5.74) is 0.299. The molecule has 2 bridgehead atoms. The van der Waals surface area contributed by atoms with Gasteiger partial charge in [0.05, 0.1) is 22.5 Å². The summed E-state index contributed by atoms with van der Waals surface area (Å²) in [6.07, 6.45) is 6.17. The van der Waals surface area contributed by atoms with Crippen molar-refractivity contribution in [1.29, 1.82) is 0 Å². The molecule has 0 aromatic heterocycles. The van der Waals surface area contributed by atoms with Gasteiger partial charge in [0.15, 0.2) is 0 Å². The molecule has 2 aliphatic carbocycles. The molecule has 1 saturated heterocycles. The third kappa shape index (κ3) is 2.03. The lowest BCUT2D eigenvalue weighted by atomic mass is 9.85. The van der Waals surface area contributed by atoms with Gasteiger partial charge in [-0.2, -0.15) is 10.1 Å². The maximum atomic E-state index is 12.5. The summed E-state index contributed by atoms with van der Waals surface area (Å²) in [7, 11) is 0. The predicted molar refractivity (Wildman–Crippen MR) is 84.6 cm³/mol. The normalized spacial score (nSPS) is 31.6. The number of nitrogens with zero attached hydrogens (tertiary/aromatic N) is 2. The minimum Gasteiger partial charge on any atom is -0.507 e. The third-order valence-electron chi connectivity index (χ3n) is 4.86. The smallest absolute Gasteiger partial charge is 0.254 e. The monoisotopic (exact) mass is 376 g/mol. The number of phenols is 2. The first kappa shape index (κ1) is 14.4. The molecule has 1 aliphatic heterocycles. The lowest BCUT2D eigenvalue weighted by Gasteiger charge is -2.13. The van der Waals surface area contributed by atoms with Gasteiger partial charge >= 0.3 is 0 Å². The Morgan fingerprint density at radius 2 is 1.70 bits per heavy atom. The number of amides is 2. The molecule has 0 radical (unpaired) electrons. The number of fused-ring (bicyclic) bond motifs is 5. The number of hydrazone groups is 1. The number of carbonyl (C=O) groups is 2. The highest BCUT2D eigenvalue weighted by Gasteiger charge is 2.59. The molecule has 4 unspecified atom stereocenters. The second-order valence-electron chi connectivity index (χ2n) is 6.10. The molecule has 0 spiro atoms. The number of hydrogen-bond donors (Lipinski definition) is 2. The highest BCUT2D eigenvalue weighted by molar-refractivity contribution is 9.10. The van der Waals surface area contributed by atoms with Crippen LogP contribution in [0.25, 0.3) is 0 Å². The maximum Gasteiger partial charge on any atom is 0.254 e. The van der Waals surface area contributed by atoms with Crippen LogP contribution in [0.1, 0.15) is 12.0 Å². The fourth-order valence-corrected chi connectivity index (χ4v) is 4.15. The van der Waals surface area contributed by atoms with Crippen LogP contribution in [-0.2, 0) is 9.59 Å². The van der Waals surface area contributed by atoms with Crippen LogP contribution in [0.15, 0.2) is 33.9 Å². The molecule has 1 aromatic carbocycles. The van der Waals surface area contributed by atoms with Crippen molar-refractivity contribution in [2.75, 3.05) is 0 Å². The fourth-order valence-electron chi connectivity index (χ4n) is 3.79. The zero-order valence-electron chi connectivity index (χ0n) is 11.9. The van der Waals surface area contributed by atoms with Gasteiger partial charge in [-0.15, -0.1) is 0 Å². The van der Waals surface area contributed by atoms with E-state index in [0.717, 1.165) is 17.5 Å². The molecule has 7 heteroatoms. The average Bonchev–Trinajstić information content (AvgIpc) is 3.17. The molecular weight excluding hydrogens is 364 g/mol. The van der Waals surface area contributed by atoms with Crippen molar-refractivity contribution in [3.05, 3.63) is 34.3 Å². The zero-order chi connectivity index (χ0) is 16.3. The van der Waals surface area contributed by atoms with E-state index in [1.54, 1.807) is 0 Å². The van der Waals surface area contributed by atoms with E-state index in [-0.39, 0.29) is 47.0 Å². The number of halogens is 1. The van der Waals surface area contributed by atoms with Gasteiger partial charge in [-0.1, -0.05) is 12.2 Å². The van der Waals surface area contributed by atoms with Crippen molar-refractivity contribution in [2.24, 2.45) is 28.8 Å². The van der Waals surface area contributed by atoms with Gasteiger partial charge < -0.3 is 10.2 Å². The first-order chi connectivity index (χ1) is 11.0. The molecule has 2 N–H and O–H groups in total. The number of allylic oxidation sites excluding steroid dienone is 2. The van der Waals surface area contributed by atoms with E-state index in [2.05, 4.69) is 21.0 Å². The average molecular weight is 377 g/mol. The van der Waals surface area contributed by atoms with E-state index in [1.165, 1.54) is 12.3 Å². The lowest BCUT2D eigenvalue weighted by molar-refractivity contribution is -0.140. The van der Waals surface area contributed by atoms with Crippen molar-refractivity contribution in [1.82, 2.24) is 5.01 Å². The molecular formula is C16H13BrN2O4. The Morgan fingerprint density at radius 3 is 2.30 bits per heavy atom. The number of hydrogen-bond acceptors (Lipinski definition) is 5. The molecule has 1 heterocycles. The maximum absolute atomic E-state index is 12.5. The Labute approximate surface area is 140 Å². The van der Waals surface area contributed by atoms with Crippen LogP contribution in [0.2, 0.25) is 0 Å². The van der Waals surface area contributed by atoms with E-state index >= 15 is 0 Å². The number of imide groups is 1. The van der Waals surface area contributed by atoms with Gasteiger partial charge in [0.2, 0.25) is 0 Å². The first-order valence-corrected chi connectivity index (χ1v) is 8.08. The second-order valence-corrected chi connectivity index (χ2v) is 6.95. The van der Waals surface area contributed by atoms with Crippen LogP contribution in [0.5, 0.6) is 11.5 Å². The fraction of sp³-hybridized carbons (Fsp3) is 0.312. The number of aromatic hydroxyl groups is 2. The molecule has 23 heavy (non-hydrogen) atoms. The summed E-state index contributed by atoms with van der Waals surface area (Å²) in [5.74, 6) is -1.16. The number of rotatable bonds is 2. The zero-order valence-corrected chi connectivity index (χ0v) is 13.5. The molecule has 1 aromatic rings. The quantitative estimate of drug-likeness (QED) is 0.469. The lowest BCUT2D eigenvalue weighted by Crippen LogP contribution is -2.28. The third-order valence-corrected chi connectivity index (χ3v) is 5.49. The SMILES string of the molecule is O=C1C2C3C=CC(C3)C2C(=O)N1/N=C\c1cc(Br)c(O)cc1O. The second kappa shape index (κ2) is 4.92. The Balaban J connectivity index is 1.62. The Morgan fingerprint density at radius 1 is 1.09 bits per heavy atom. The summed E-state index contributed by atoms with van der Waals surface area (Å²) in [4.78, 5) is 24.9. The Bertz CT molecular complexity index is 759. The van der Waals surface area contributed by atoms with Gasteiger partial charge in [0.25, 0.3) is 11.8 Å². The van der Waals surface area contributed by atoms with Crippen molar-refractivity contribution in [2.45, 2.75) is 6.42 Å². The largest absolute Gasteiger partial charge is 0.507 e. The van der Waals surface area contributed by atoms with Crippen LogP contribution in [0, 0.1) is 23.7 Å². The summed E-state index contributed by atoms with van der Waals surface area (Å²) in [5, 5.41) is 24.2. The summed E-state index contributed by atoms with van der Waals surface area (Å²) in [6, 6.07) is 2.63. The van der Waals surface area contributed by atoms with E-state index in [1.807, 2.05) is 12.2 Å². The standard InChI is InChI=1S/C16H13BrN2O4/c17-10-4-9(11(20)5-12(10)21)6-18-19-15(22)13-7-1-2-8(3-7)14(13)16(19)23/h1-2,4-8,13-14,20-21H,3H2/b18-6-. The van der Waals surface area contributed by atoms with Gasteiger partial charge in [0, 0.05) is 11.6 Å². The minimum absolute atomic E-state index is 0.106. The summed E-state index contributed by atoms with van der Waals surface area (Å²) in [6.45, 7) is 0. The van der Waals surface area contributed by atoms with E-state index in [9.17, 15) is 19.8 Å². The van der Waals surface area contributed by atoms with Crippen molar-refractivity contribution < 1.29 is 19.8 Å². The van der Waals surface area contributed by atoms with E-state index < -0.39 is 0 Å². The van der Waals surface area contributed by atoms with Gasteiger partial charge in [-0.05, 0) is 40.3 Å². The van der Waals surface area contributed by atoms with Crippen molar-refractivity contribution in [3.63, 3.8) is 0 Å². The Hall–Kier alpha value is -2.15. The minimum atomic E-state index is -0.296. The topological polar surface area (TPSA) is 90.2 Å². The number of phenolic OH excluding ortho intramolecular Hbond substituents is 2. The molecule has 3 aliphatic rings. The number of carbonyl (C=O) groups excluding carboxylic acids is 2. The molecule has 1 saturated carbocycles. The number of benzene rings is 1.